The van der Waals surface area contributed by atoms with Crippen molar-refractivity contribution >= 4 is 14.0 Å². The molecule has 2 aliphatic rings. The molecular weight excluding hydrogens is 226 g/mol. The van der Waals surface area contributed by atoms with E-state index in [-0.39, 0.29) is 0 Å². The largest absolute Gasteiger partial charge is 0.414 e. The van der Waals surface area contributed by atoms with Crippen molar-refractivity contribution in [3.8, 4) is 0 Å². The molecule has 1 heterocycles. The smallest absolute Gasteiger partial charge is 0.192 e. The van der Waals surface area contributed by atoms with Crippen LogP contribution in [0.1, 0.15) is 46.5 Å². The number of hydrogen-bond donors (Lipinski definition) is 0. The van der Waals surface area contributed by atoms with Gasteiger partial charge < -0.3 is 4.43 Å². The lowest BCUT2D eigenvalue weighted by atomic mass is 9.85. The first-order valence-corrected chi connectivity index (χ1v) is 9.91. The minimum atomic E-state index is -1.58. The molecule has 0 bridgehead atoms. The van der Waals surface area contributed by atoms with Gasteiger partial charge in [0.25, 0.3) is 0 Å². The van der Waals surface area contributed by atoms with Gasteiger partial charge in [-0.3, -0.25) is 4.99 Å². The van der Waals surface area contributed by atoms with E-state index in [1.165, 1.54) is 31.4 Å². The van der Waals surface area contributed by atoms with E-state index in [0.717, 1.165) is 12.5 Å². The van der Waals surface area contributed by atoms with Crippen LogP contribution < -0.4 is 0 Å². The Balaban J connectivity index is 1.95. The summed E-state index contributed by atoms with van der Waals surface area (Å²) in [6.45, 7) is 12.8. The van der Waals surface area contributed by atoms with Gasteiger partial charge in [-0.15, -0.1) is 0 Å². The van der Waals surface area contributed by atoms with Crippen LogP contribution in [0.3, 0.4) is 0 Å². The molecule has 98 valence electrons. The molecule has 2 nitrogen and oxygen atoms in total. The second-order valence-corrected chi connectivity index (χ2v) is 11.9. The minimum absolute atomic E-state index is 0.330. The monoisotopic (exact) mass is 253 g/mol. The van der Waals surface area contributed by atoms with Crippen LogP contribution in [-0.4, -0.2) is 26.7 Å². The molecule has 2 atom stereocenters. The molecule has 0 amide bonds. The van der Waals surface area contributed by atoms with Crippen molar-refractivity contribution in [2.45, 2.75) is 70.7 Å². The number of aliphatic imine (C=N–C) groups is 1. The standard InChI is InChI=1S/C14H27NOSi/c1-14(2,3)17(4,5)16-12-6-7-13-11(10-12)8-9-15-13/h11-12H,6-10H2,1-5H3/t11-,12?/m1/s1. The van der Waals surface area contributed by atoms with Gasteiger partial charge in [-0.25, -0.2) is 0 Å². The molecule has 0 aromatic rings. The summed E-state index contributed by atoms with van der Waals surface area (Å²) in [6.07, 6.45) is 5.38. The van der Waals surface area contributed by atoms with Crippen LogP contribution in [0.2, 0.25) is 18.1 Å². The Morgan fingerprint density at radius 2 is 1.94 bits per heavy atom. The highest BCUT2D eigenvalue weighted by Gasteiger charge is 2.41. The third-order valence-corrected chi connectivity index (χ3v) is 9.34. The molecule has 0 aromatic heterocycles. The second-order valence-electron chi connectivity index (χ2n) is 7.13. The highest BCUT2D eigenvalue weighted by atomic mass is 28.4. The summed E-state index contributed by atoms with van der Waals surface area (Å²) in [7, 11) is -1.58. The molecule has 1 unspecified atom stereocenters. The maximum Gasteiger partial charge on any atom is 0.192 e. The average Bonchev–Trinajstić information content (AvgIpc) is 2.62. The van der Waals surface area contributed by atoms with Gasteiger partial charge in [0.15, 0.2) is 8.32 Å². The number of fused-ring (bicyclic) bond motifs is 1. The molecule has 17 heavy (non-hydrogen) atoms. The Hall–Kier alpha value is -0.153. The molecule has 1 aliphatic heterocycles. The molecule has 3 heteroatoms. The van der Waals surface area contributed by atoms with Crippen LogP contribution in [0, 0.1) is 5.92 Å². The summed E-state index contributed by atoms with van der Waals surface area (Å²) in [5, 5.41) is 0.330. The van der Waals surface area contributed by atoms with Crippen LogP contribution >= 0.6 is 0 Å². The van der Waals surface area contributed by atoms with Crippen molar-refractivity contribution < 1.29 is 4.43 Å². The summed E-state index contributed by atoms with van der Waals surface area (Å²) in [4.78, 5) is 4.61. The minimum Gasteiger partial charge on any atom is -0.414 e. The summed E-state index contributed by atoms with van der Waals surface area (Å²) in [6, 6.07) is 0. The van der Waals surface area contributed by atoms with E-state index in [2.05, 4.69) is 38.9 Å². The number of nitrogens with zero attached hydrogens (tertiary/aromatic N) is 1. The lowest BCUT2D eigenvalue weighted by Crippen LogP contribution is -2.45. The highest BCUT2D eigenvalue weighted by molar-refractivity contribution is 6.74. The van der Waals surface area contributed by atoms with E-state index < -0.39 is 8.32 Å². The average molecular weight is 253 g/mol. The molecular formula is C14H27NOSi. The van der Waals surface area contributed by atoms with E-state index >= 15 is 0 Å². The Morgan fingerprint density at radius 3 is 2.59 bits per heavy atom. The van der Waals surface area contributed by atoms with Crippen LogP contribution in [0.4, 0.5) is 0 Å². The van der Waals surface area contributed by atoms with Gasteiger partial charge in [0.2, 0.25) is 0 Å². The van der Waals surface area contributed by atoms with E-state index in [1.807, 2.05) is 0 Å². The highest BCUT2D eigenvalue weighted by Crippen LogP contribution is 2.40. The lowest BCUT2D eigenvalue weighted by molar-refractivity contribution is 0.144. The topological polar surface area (TPSA) is 21.6 Å². The first-order chi connectivity index (χ1) is 7.79. The van der Waals surface area contributed by atoms with Crippen molar-refractivity contribution in [3.63, 3.8) is 0 Å². The fraction of sp³-hybridized carbons (Fsp3) is 0.929. The van der Waals surface area contributed by atoms with Crippen molar-refractivity contribution in [1.82, 2.24) is 0 Å². The van der Waals surface area contributed by atoms with E-state index in [9.17, 15) is 0 Å². The zero-order chi connectivity index (χ0) is 12.7. The Bertz CT molecular complexity index is 317. The molecule has 0 N–H and O–H groups in total. The maximum atomic E-state index is 6.54. The van der Waals surface area contributed by atoms with Gasteiger partial charge in [-0.2, -0.15) is 0 Å². The van der Waals surface area contributed by atoms with Gasteiger partial charge in [0.05, 0.1) is 0 Å². The summed E-state index contributed by atoms with van der Waals surface area (Å²) in [5.74, 6) is 0.749. The maximum absolute atomic E-state index is 6.54. The fourth-order valence-corrected chi connectivity index (χ4v) is 4.04. The zero-order valence-electron chi connectivity index (χ0n) is 12.0. The van der Waals surface area contributed by atoms with Crippen molar-refractivity contribution in [1.29, 1.82) is 0 Å². The number of hydrogen-bond acceptors (Lipinski definition) is 2. The molecule has 0 spiro atoms. The quantitative estimate of drug-likeness (QED) is 0.681. The Morgan fingerprint density at radius 1 is 1.24 bits per heavy atom. The molecule has 0 saturated heterocycles. The van der Waals surface area contributed by atoms with Crippen molar-refractivity contribution in [2.75, 3.05) is 6.54 Å². The zero-order valence-corrected chi connectivity index (χ0v) is 13.0. The van der Waals surface area contributed by atoms with Gasteiger partial charge in [-0.1, -0.05) is 20.8 Å². The van der Waals surface area contributed by atoms with Crippen LogP contribution in [0.25, 0.3) is 0 Å². The predicted molar refractivity (Wildman–Crippen MR) is 76.3 cm³/mol. The van der Waals surface area contributed by atoms with Gasteiger partial charge in [-0.05, 0) is 43.8 Å². The second kappa shape index (κ2) is 4.50. The van der Waals surface area contributed by atoms with Crippen LogP contribution in [-0.2, 0) is 4.43 Å². The SMILES string of the molecule is CC(C)(C)[Si](C)(C)OC1CCC2=NCC[C@@H]2C1. The predicted octanol–water partition coefficient (Wildman–Crippen LogP) is 4.02. The van der Waals surface area contributed by atoms with Crippen molar-refractivity contribution in [2.24, 2.45) is 10.9 Å². The van der Waals surface area contributed by atoms with Crippen LogP contribution in [0.5, 0.6) is 0 Å². The molecule has 1 aliphatic carbocycles. The first-order valence-electron chi connectivity index (χ1n) is 7.00. The molecule has 1 saturated carbocycles. The van der Waals surface area contributed by atoms with Gasteiger partial charge in [0, 0.05) is 24.3 Å². The van der Waals surface area contributed by atoms with Gasteiger partial charge >= 0.3 is 0 Å². The third kappa shape index (κ3) is 2.82. The fourth-order valence-electron chi connectivity index (χ4n) is 2.64. The van der Waals surface area contributed by atoms with Crippen LogP contribution in [0.15, 0.2) is 4.99 Å². The Kier molecular flexibility index (Phi) is 3.52. The van der Waals surface area contributed by atoms with E-state index in [1.54, 1.807) is 0 Å². The molecule has 2 rings (SSSR count). The van der Waals surface area contributed by atoms with Crippen molar-refractivity contribution in [3.05, 3.63) is 0 Å². The van der Waals surface area contributed by atoms with E-state index in [0.29, 0.717) is 11.1 Å². The third-order valence-electron chi connectivity index (χ3n) is 4.80. The molecule has 0 aromatic carbocycles. The summed E-state index contributed by atoms with van der Waals surface area (Å²) >= 11 is 0. The summed E-state index contributed by atoms with van der Waals surface area (Å²) < 4.78 is 6.54. The lowest BCUT2D eigenvalue weighted by Gasteiger charge is -2.41. The first kappa shape index (κ1) is 13.3. The van der Waals surface area contributed by atoms with Gasteiger partial charge in [0.1, 0.15) is 0 Å². The van der Waals surface area contributed by atoms with E-state index in [4.69, 9.17) is 4.43 Å². The molecule has 0 radical (unpaired) electrons. The normalized spacial score (nSPS) is 30.1. The molecule has 1 fully saturated rings. The summed E-state index contributed by atoms with van der Waals surface area (Å²) in [5.41, 5.74) is 1.49. The number of rotatable bonds is 2. The Labute approximate surface area is 107 Å².